The Bertz CT molecular complexity index is 649. The Morgan fingerprint density at radius 1 is 1.04 bits per heavy atom. The zero-order valence-corrected chi connectivity index (χ0v) is 14.2. The molecular weight excluding hydrogens is 298 g/mol. The van der Waals surface area contributed by atoms with Gasteiger partial charge in [-0.3, -0.25) is 10.3 Å². The van der Waals surface area contributed by atoms with Gasteiger partial charge >= 0.3 is 0 Å². The average Bonchev–Trinajstić information content (AvgIpc) is 2.64. The molecule has 4 heteroatoms. The second kappa shape index (κ2) is 7.49. The number of likely N-dealkylation sites (tertiary alicyclic amines) is 1. The van der Waals surface area contributed by atoms with Crippen LogP contribution in [-0.4, -0.2) is 36.5 Å². The molecule has 2 aromatic rings. The highest BCUT2D eigenvalue weighted by Gasteiger charge is 2.39. The van der Waals surface area contributed by atoms with Crippen molar-refractivity contribution in [1.82, 2.24) is 4.90 Å². The fourth-order valence-electron chi connectivity index (χ4n) is 3.34. The lowest BCUT2D eigenvalue weighted by atomic mass is 9.86. The van der Waals surface area contributed by atoms with Crippen molar-refractivity contribution in [3.63, 3.8) is 0 Å². The minimum atomic E-state index is -0.413. The van der Waals surface area contributed by atoms with E-state index in [4.69, 9.17) is 10.1 Å². The summed E-state index contributed by atoms with van der Waals surface area (Å²) in [6, 6.07) is 20.7. The summed E-state index contributed by atoms with van der Waals surface area (Å²) in [4.78, 5) is 2.45. The third-order valence-corrected chi connectivity index (χ3v) is 4.75. The number of para-hydroxylation sites is 1. The minimum absolute atomic E-state index is 0.325. The number of ether oxygens (including phenoxy) is 1. The first-order valence-corrected chi connectivity index (χ1v) is 8.44. The first-order chi connectivity index (χ1) is 11.7. The van der Waals surface area contributed by atoms with E-state index in [1.54, 1.807) is 7.11 Å². The first-order valence-electron chi connectivity index (χ1n) is 8.44. The largest absolute Gasteiger partial charge is 0.483 e. The third kappa shape index (κ3) is 3.77. The lowest BCUT2D eigenvalue weighted by molar-refractivity contribution is 0.180. The molecule has 0 radical (unpaired) electrons. The van der Waals surface area contributed by atoms with Crippen LogP contribution >= 0.6 is 0 Å². The van der Waals surface area contributed by atoms with Gasteiger partial charge in [-0.25, -0.2) is 0 Å². The minimum Gasteiger partial charge on any atom is -0.483 e. The summed E-state index contributed by atoms with van der Waals surface area (Å²) >= 11 is 0. The van der Waals surface area contributed by atoms with E-state index in [-0.39, 0.29) is 0 Å². The van der Waals surface area contributed by atoms with Crippen LogP contribution in [0.25, 0.3) is 0 Å². The summed E-state index contributed by atoms with van der Waals surface area (Å²) in [5, 5.41) is 11.9. The van der Waals surface area contributed by atoms with Crippen LogP contribution in [0.15, 0.2) is 60.7 Å². The molecule has 0 aromatic heterocycles. The van der Waals surface area contributed by atoms with Crippen LogP contribution in [0, 0.1) is 5.41 Å². The number of benzene rings is 2. The average molecular weight is 323 g/mol. The van der Waals surface area contributed by atoms with Crippen LogP contribution in [-0.2, 0) is 11.3 Å². The van der Waals surface area contributed by atoms with Crippen molar-refractivity contribution in [3.05, 3.63) is 66.2 Å². The molecule has 2 N–H and O–H groups in total. The smallest absolute Gasteiger partial charge is 0.206 e. The van der Waals surface area contributed by atoms with Gasteiger partial charge in [0.2, 0.25) is 5.90 Å². The number of anilines is 1. The molecule has 4 nitrogen and oxygen atoms in total. The van der Waals surface area contributed by atoms with Gasteiger partial charge in [-0.1, -0.05) is 48.5 Å². The topological polar surface area (TPSA) is 48.4 Å². The van der Waals surface area contributed by atoms with Crippen molar-refractivity contribution in [2.75, 3.05) is 25.5 Å². The Morgan fingerprint density at radius 2 is 1.62 bits per heavy atom. The molecule has 0 saturated carbocycles. The quantitative estimate of drug-likeness (QED) is 0.651. The zero-order valence-electron chi connectivity index (χ0n) is 14.2. The van der Waals surface area contributed by atoms with Crippen LogP contribution in [0.1, 0.15) is 18.4 Å². The van der Waals surface area contributed by atoms with Crippen LogP contribution in [0.4, 0.5) is 5.69 Å². The van der Waals surface area contributed by atoms with Gasteiger partial charge in [-0.2, -0.15) is 0 Å². The molecule has 1 aliphatic rings. The van der Waals surface area contributed by atoms with E-state index in [9.17, 15) is 0 Å². The zero-order chi connectivity index (χ0) is 16.8. The van der Waals surface area contributed by atoms with Crippen LogP contribution in [0.2, 0.25) is 0 Å². The van der Waals surface area contributed by atoms with Crippen molar-refractivity contribution in [1.29, 1.82) is 5.41 Å². The number of methoxy groups -OCH3 is 1. The monoisotopic (exact) mass is 323 g/mol. The predicted molar refractivity (Wildman–Crippen MR) is 98.5 cm³/mol. The summed E-state index contributed by atoms with van der Waals surface area (Å²) in [5.74, 6) is 0.325. The van der Waals surface area contributed by atoms with Crippen LogP contribution in [0.5, 0.6) is 0 Å². The van der Waals surface area contributed by atoms with Gasteiger partial charge in [-0.15, -0.1) is 0 Å². The highest BCUT2D eigenvalue weighted by molar-refractivity contribution is 5.87. The van der Waals surface area contributed by atoms with Crippen LogP contribution in [0.3, 0.4) is 0 Å². The number of hydrogen-bond donors (Lipinski definition) is 2. The maximum Gasteiger partial charge on any atom is 0.206 e. The summed E-state index contributed by atoms with van der Waals surface area (Å²) in [6.07, 6.45) is 1.73. The second-order valence-electron chi connectivity index (χ2n) is 6.37. The number of rotatable bonds is 5. The Labute approximate surface area is 144 Å². The fourth-order valence-corrected chi connectivity index (χ4v) is 3.34. The van der Waals surface area contributed by atoms with E-state index in [0.29, 0.717) is 5.90 Å². The third-order valence-electron chi connectivity index (χ3n) is 4.75. The molecule has 0 spiro atoms. The van der Waals surface area contributed by atoms with E-state index < -0.39 is 5.54 Å². The van der Waals surface area contributed by atoms with E-state index in [2.05, 4.69) is 40.5 Å². The van der Waals surface area contributed by atoms with Crippen molar-refractivity contribution >= 4 is 11.6 Å². The van der Waals surface area contributed by atoms with E-state index >= 15 is 0 Å². The summed E-state index contributed by atoms with van der Waals surface area (Å²) in [7, 11) is 1.59. The molecule has 0 atom stereocenters. The van der Waals surface area contributed by atoms with Crippen LogP contribution < -0.4 is 5.32 Å². The Morgan fingerprint density at radius 3 is 2.21 bits per heavy atom. The summed E-state index contributed by atoms with van der Waals surface area (Å²) < 4.78 is 5.32. The van der Waals surface area contributed by atoms with E-state index in [0.717, 1.165) is 38.2 Å². The highest BCUT2D eigenvalue weighted by atomic mass is 16.5. The molecule has 1 aliphatic heterocycles. The second-order valence-corrected chi connectivity index (χ2v) is 6.37. The van der Waals surface area contributed by atoms with E-state index in [1.165, 1.54) is 5.56 Å². The molecule has 1 saturated heterocycles. The number of nitrogens with zero attached hydrogens (tertiary/aromatic N) is 1. The summed E-state index contributed by atoms with van der Waals surface area (Å²) in [5.41, 5.74) is 1.96. The van der Waals surface area contributed by atoms with Gasteiger partial charge in [0.15, 0.2) is 0 Å². The Hall–Kier alpha value is -2.33. The standard InChI is InChI=1S/C20H25N3O/c1-24-19(21)20(22-18-10-6-3-7-11-18)12-14-23(15-13-20)16-17-8-4-2-5-9-17/h2-11,21-22H,12-16H2,1H3. The SMILES string of the molecule is COC(=N)C1(Nc2ccccc2)CCN(Cc2ccccc2)CC1. The first kappa shape index (κ1) is 16.5. The lowest BCUT2D eigenvalue weighted by Gasteiger charge is -2.42. The normalized spacial score (nSPS) is 17.2. The number of piperidine rings is 1. The molecule has 3 rings (SSSR count). The van der Waals surface area contributed by atoms with E-state index in [1.807, 2.05) is 30.3 Å². The van der Waals surface area contributed by atoms with Gasteiger partial charge in [0, 0.05) is 25.3 Å². The predicted octanol–water partition coefficient (Wildman–Crippen LogP) is 3.76. The molecule has 1 fully saturated rings. The van der Waals surface area contributed by atoms with Crippen molar-refractivity contribution in [3.8, 4) is 0 Å². The maximum atomic E-state index is 8.31. The van der Waals surface area contributed by atoms with Crippen molar-refractivity contribution in [2.24, 2.45) is 0 Å². The molecule has 0 aliphatic carbocycles. The molecule has 0 bridgehead atoms. The molecule has 0 amide bonds. The molecule has 126 valence electrons. The van der Waals surface area contributed by atoms with Gasteiger partial charge in [0.1, 0.15) is 5.54 Å². The Kier molecular flexibility index (Phi) is 5.16. The number of nitrogens with one attached hydrogen (secondary N) is 2. The number of hydrogen-bond acceptors (Lipinski definition) is 4. The molecular formula is C20H25N3O. The molecule has 1 heterocycles. The van der Waals surface area contributed by atoms with Crippen molar-refractivity contribution in [2.45, 2.75) is 24.9 Å². The fraction of sp³-hybridized carbons (Fsp3) is 0.350. The molecule has 24 heavy (non-hydrogen) atoms. The molecule has 0 unspecified atom stereocenters. The van der Waals surface area contributed by atoms with Gasteiger partial charge in [0.25, 0.3) is 0 Å². The summed E-state index contributed by atoms with van der Waals surface area (Å²) in [6.45, 7) is 2.85. The Balaban J connectivity index is 1.68. The maximum absolute atomic E-state index is 8.31. The van der Waals surface area contributed by atoms with Gasteiger partial charge in [0.05, 0.1) is 7.11 Å². The van der Waals surface area contributed by atoms with Crippen molar-refractivity contribution < 1.29 is 4.74 Å². The highest BCUT2D eigenvalue weighted by Crippen LogP contribution is 2.29. The van der Waals surface area contributed by atoms with Gasteiger partial charge < -0.3 is 10.1 Å². The van der Waals surface area contributed by atoms with Gasteiger partial charge in [-0.05, 0) is 30.5 Å². The molecule has 2 aromatic carbocycles. The lowest BCUT2D eigenvalue weighted by Crippen LogP contribution is -2.54.